The number of ether oxygens (including phenoxy) is 2. The summed E-state index contributed by atoms with van der Waals surface area (Å²) in [5.41, 5.74) is -0.723. The van der Waals surface area contributed by atoms with Gasteiger partial charge in [-0.25, -0.2) is 9.59 Å². The largest absolute Gasteiger partial charge is 0.481 e. The first-order valence-electron chi connectivity index (χ1n) is 8.45. The molecule has 3 N–H and O–H groups in total. The van der Waals surface area contributed by atoms with Gasteiger partial charge in [-0.1, -0.05) is 13.8 Å². The second kappa shape index (κ2) is 10.6. The second-order valence-corrected chi connectivity index (χ2v) is 7.35. The minimum Gasteiger partial charge on any atom is -0.481 e. The summed E-state index contributed by atoms with van der Waals surface area (Å²) < 4.78 is 9.75. The summed E-state index contributed by atoms with van der Waals surface area (Å²) in [6.45, 7) is 8.84. The number of rotatable bonds is 9. The van der Waals surface area contributed by atoms with Crippen molar-refractivity contribution in [1.29, 1.82) is 0 Å². The number of nitrogens with one attached hydrogen (secondary N) is 2. The number of carbonyl (C=O) groups excluding carboxylic acids is 3. The monoisotopic (exact) mass is 374 g/mol. The SMILES string of the molecule is COC(=O)[C@@H](CCC(=O)O)NC(=O)[C@H](CC(C)C)NC(=O)OC(C)(C)C. The summed E-state index contributed by atoms with van der Waals surface area (Å²) in [6, 6.07) is -2.04. The van der Waals surface area contributed by atoms with Crippen LogP contribution in [0.25, 0.3) is 0 Å². The average molecular weight is 374 g/mol. The zero-order valence-electron chi connectivity index (χ0n) is 16.3. The van der Waals surface area contributed by atoms with Gasteiger partial charge in [-0.2, -0.15) is 0 Å². The lowest BCUT2D eigenvalue weighted by Crippen LogP contribution is -2.53. The molecule has 0 aromatic rings. The van der Waals surface area contributed by atoms with Gasteiger partial charge in [0, 0.05) is 6.42 Å². The van der Waals surface area contributed by atoms with Crippen LogP contribution in [0.1, 0.15) is 53.9 Å². The van der Waals surface area contributed by atoms with E-state index in [-0.39, 0.29) is 18.8 Å². The quantitative estimate of drug-likeness (QED) is 0.521. The summed E-state index contributed by atoms with van der Waals surface area (Å²) in [5.74, 6) is -2.37. The highest BCUT2D eigenvalue weighted by Crippen LogP contribution is 2.10. The van der Waals surface area contributed by atoms with Crippen LogP contribution in [0, 0.1) is 5.92 Å². The maximum Gasteiger partial charge on any atom is 0.408 e. The van der Waals surface area contributed by atoms with E-state index in [0.717, 1.165) is 7.11 Å². The van der Waals surface area contributed by atoms with Crippen molar-refractivity contribution in [1.82, 2.24) is 10.6 Å². The van der Waals surface area contributed by atoms with Crippen LogP contribution in [-0.4, -0.2) is 53.8 Å². The lowest BCUT2D eigenvalue weighted by Gasteiger charge is -2.25. The Kier molecular flexibility index (Phi) is 9.67. The van der Waals surface area contributed by atoms with E-state index in [1.54, 1.807) is 20.8 Å². The summed E-state index contributed by atoms with van der Waals surface area (Å²) in [7, 11) is 1.15. The van der Waals surface area contributed by atoms with E-state index in [0.29, 0.717) is 6.42 Å². The molecular formula is C17H30N2O7. The molecule has 0 fully saturated rings. The number of alkyl carbamates (subject to hydrolysis) is 1. The number of amides is 2. The van der Waals surface area contributed by atoms with Crippen LogP contribution in [0.3, 0.4) is 0 Å². The van der Waals surface area contributed by atoms with Crippen LogP contribution in [-0.2, 0) is 23.9 Å². The zero-order valence-corrected chi connectivity index (χ0v) is 16.3. The molecule has 0 bridgehead atoms. The maximum absolute atomic E-state index is 12.5. The Hall–Kier alpha value is -2.32. The van der Waals surface area contributed by atoms with Crippen molar-refractivity contribution < 1.29 is 33.8 Å². The summed E-state index contributed by atoms with van der Waals surface area (Å²) in [6.07, 6.45) is -0.862. The van der Waals surface area contributed by atoms with Crippen molar-refractivity contribution in [3.63, 3.8) is 0 Å². The molecule has 2 amide bonds. The summed E-state index contributed by atoms with van der Waals surface area (Å²) in [4.78, 5) is 47.0. The molecule has 2 atom stereocenters. The number of hydrogen-bond donors (Lipinski definition) is 3. The average Bonchev–Trinajstić information content (AvgIpc) is 2.47. The molecule has 0 aliphatic carbocycles. The Labute approximate surface area is 153 Å². The Bertz CT molecular complexity index is 512. The number of hydrogen-bond acceptors (Lipinski definition) is 6. The highest BCUT2D eigenvalue weighted by atomic mass is 16.6. The predicted molar refractivity (Wildman–Crippen MR) is 93.4 cm³/mol. The van der Waals surface area contributed by atoms with Crippen LogP contribution < -0.4 is 10.6 Å². The van der Waals surface area contributed by atoms with Crippen LogP contribution in [0.4, 0.5) is 4.79 Å². The Morgan fingerprint density at radius 1 is 1.04 bits per heavy atom. The fraction of sp³-hybridized carbons (Fsp3) is 0.765. The lowest BCUT2D eigenvalue weighted by molar-refractivity contribution is -0.146. The molecule has 0 rings (SSSR count). The van der Waals surface area contributed by atoms with Crippen LogP contribution in [0.15, 0.2) is 0 Å². The molecule has 26 heavy (non-hydrogen) atoms. The van der Waals surface area contributed by atoms with Crippen molar-refractivity contribution >= 4 is 23.9 Å². The minimum atomic E-state index is -1.11. The zero-order chi connectivity index (χ0) is 20.5. The smallest absolute Gasteiger partial charge is 0.408 e. The number of carbonyl (C=O) groups is 4. The highest BCUT2D eigenvalue weighted by molar-refractivity contribution is 5.89. The third kappa shape index (κ3) is 10.5. The first-order chi connectivity index (χ1) is 11.9. The van der Waals surface area contributed by atoms with E-state index in [2.05, 4.69) is 15.4 Å². The Morgan fingerprint density at radius 3 is 2.04 bits per heavy atom. The molecule has 150 valence electrons. The third-order valence-corrected chi connectivity index (χ3v) is 3.16. The number of aliphatic carboxylic acids is 1. The van der Waals surface area contributed by atoms with Crippen LogP contribution in [0.5, 0.6) is 0 Å². The number of esters is 1. The topological polar surface area (TPSA) is 131 Å². The number of carboxylic acids is 1. The first-order valence-corrected chi connectivity index (χ1v) is 8.45. The van der Waals surface area contributed by atoms with E-state index in [9.17, 15) is 19.2 Å². The van der Waals surface area contributed by atoms with Crippen molar-refractivity contribution in [2.75, 3.05) is 7.11 Å². The number of carboxylic acid groups (broad SMARTS) is 1. The van der Waals surface area contributed by atoms with Gasteiger partial charge in [0.1, 0.15) is 17.7 Å². The van der Waals surface area contributed by atoms with E-state index >= 15 is 0 Å². The molecule has 9 heteroatoms. The van der Waals surface area contributed by atoms with Gasteiger partial charge in [-0.3, -0.25) is 9.59 Å². The Morgan fingerprint density at radius 2 is 1.62 bits per heavy atom. The van der Waals surface area contributed by atoms with Gasteiger partial charge < -0.3 is 25.2 Å². The highest BCUT2D eigenvalue weighted by Gasteiger charge is 2.29. The minimum absolute atomic E-state index is 0.0799. The second-order valence-electron chi connectivity index (χ2n) is 7.35. The van der Waals surface area contributed by atoms with Gasteiger partial charge in [0.2, 0.25) is 5.91 Å². The molecule has 0 aliphatic heterocycles. The fourth-order valence-electron chi connectivity index (χ4n) is 2.08. The lowest BCUT2D eigenvalue weighted by atomic mass is 10.0. The van der Waals surface area contributed by atoms with Gasteiger partial charge in [-0.15, -0.1) is 0 Å². The first kappa shape index (κ1) is 23.7. The van der Waals surface area contributed by atoms with Crippen molar-refractivity contribution in [3.05, 3.63) is 0 Å². The van der Waals surface area contributed by atoms with E-state index in [1.807, 2.05) is 13.8 Å². The molecule has 0 unspecified atom stereocenters. The summed E-state index contributed by atoms with van der Waals surface area (Å²) in [5, 5.41) is 13.7. The summed E-state index contributed by atoms with van der Waals surface area (Å²) >= 11 is 0. The molecule has 0 radical (unpaired) electrons. The van der Waals surface area contributed by atoms with Gasteiger partial charge >= 0.3 is 18.0 Å². The standard InChI is InChI=1S/C17H30N2O7/c1-10(2)9-12(19-16(24)26-17(3,4)5)14(22)18-11(15(23)25-6)7-8-13(20)21/h10-12H,7-9H2,1-6H3,(H,18,22)(H,19,24)(H,20,21)/t11-,12+/m1/s1. The third-order valence-electron chi connectivity index (χ3n) is 3.16. The van der Waals surface area contributed by atoms with E-state index in [4.69, 9.17) is 9.84 Å². The molecule has 0 saturated heterocycles. The maximum atomic E-state index is 12.5. The molecule has 0 heterocycles. The number of methoxy groups -OCH3 is 1. The van der Waals surface area contributed by atoms with Gasteiger partial charge in [0.25, 0.3) is 0 Å². The van der Waals surface area contributed by atoms with Crippen molar-refractivity contribution in [3.8, 4) is 0 Å². The van der Waals surface area contributed by atoms with E-state index in [1.165, 1.54) is 0 Å². The van der Waals surface area contributed by atoms with Crippen LogP contribution in [0.2, 0.25) is 0 Å². The molecule has 0 aromatic carbocycles. The van der Waals surface area contributed by atoms with E-state index < -0.39 is 41.6 Å². The molecule has 0 spiro atoms. The Balaban J connectivity index is 5.09. The molecule has 0 aliphatic rings. The van der Waals surface area contributed by atoms with Gasteiger partial charge in [0.15, 0.2) is 0 Å². The molecular weight excluding hydrogens is 344 g/mol. The van der Waals surface area contributed by atoms with Crippen molar-refractivity contribution in [2.45, 2.75) is 71.6 Å². The molecule has 9 nitrogen and oxygen atoms in total. The molecule has 0 saturated carbocycles. The van der Waals surface area contributed by atoms with Gasteiger partial charge in [0.05, 0.1) is 7.11 Å². The molecule has 0 aromatic heterocycles. The van der Waals surface area contributed by atoms with Crippen molar-refractivity contribution in [2.24, 2.45) is 5.92 Å². The predicted octanol–water partition coefficient (Wildman–Crippen LogP) is 1.45. The van der Waals surface area contributed by atoms with Crippen LogP contribution >= 0.6 is 0 Å². The fourth-order valence-corrected chi connectivity index (χ4v) is 2.08. The van der Waals surface area contributed by atoms with Gasteiger partial charge in [-0.05, 0) is 39.5 Å². The normalized spacial score (nSPS) is 13.5.